The maximum atomic E-state index is 11.1. The molecule has 19 heavy (non-hydrogen) atoms. The lowest BCUT2D eigenvalue weighted by molar-refractivity contribution is -0.115. The van der Waals surface area contributed by atoms with Gasteiger partial charge in [-0.05, 0) is 6.42 Å². The number of unbranched alkanes of at least 4 members (excludes halogenated alkanes) is 6. The second kappa shape index (κ2) is 8.96. The van der Waals surface area contributed by atoms with Crippen molar-refractivity contribution >= 4 is 18.5 Å². The molecule has 0 atom stereocenters. The molecule has 1 rings (SSSR count). The monoisotopic (exact) mass is 284 g/mol. The first-order chi connectivity index (χ1) is 9.15. The molecule has 5 nitrogen and oxygen atoms in total. The predicted octanol–water partition coefficient (Wildman–Crippen LogP) is 2.95. The standard InChI is InChI=1S/C13H24N4OS/c1-3-4-5-6-7-8-9-10-12-14-15-13(19)17(12)16-11(2)18/h3-10H2,1-2H3,(H,15,19)(H,16,18). The Morgan fingerprint density at radius 3 is 2.42 bits per heavy atom. The lowest BCUT2D eigenvalue weighted by Gasteiger charge is -2.07. The quantitative estimate of drug-likeness (QED) is 0.541. The number of rotatable bonds is 9. The number of thiol groups is 1. The molecule has 1 amide bonds. The molecule has 0 aromatic carbocycles. The van der Waals surface area contributed by atoms with Crippen molar-refractivity contribution in [1.82, 2.24) is 14.9 Å². The van der Waals surface area contributed by atoms with Gasteiger partial charge < -0.3 is 0 Å². The first-order valence-corrected chi connectivity index (χ1v) is 7.50. The zero-order valence-electron chi connectivity index (χ0n) is 11.9. The molecule has 0 aliphatic rings. The van der Waals surface area contributed by atoms with E-state index in [1.54, 1.807) is 4.68 Å². The Kier molecular flexibility index (Phi) is 7.55. The molecule has 0 saturated carbocycles. The molecule has 1 aromatic rings. The Labute approximate surface area is 120 Å². The summed E-state index contributed by atoms with van der Waals surface area (Å²) in [6.45, 7) is 3.69. The van der Waals surface area contributed by atoms with Crippen molar-refractivity contribution in [2.75, 3.05) is 5.43 Å². The van der Waals surface area contributed by atoms with Gasteiger partial charge in [0.25, 0.3) is 0 Å². The summed E-state index contributed by atoms with van der Waals surface area (Å²) >= 11 is 4.17. The average Bonchev–Trinajstić information content (AvgIpc) is 2.70. The summed E-state index contributed by atoms with van der Waals surface area (Å²) < 4.78 is 1.56. The zero-order valence-corrected chi connectivity index (χ0v) is 12.7. The molecule has 1 aromatic heterocycles. The van der Waals surface area contributed by atoms with Gasteiger partial charge in [-0.2, -0.15) is 0 Å². The Hall–Kier alpha value is -1.04. The molecule has 0 saturated heterocycles. The van der Waals surface area contributed by atoms with E-state index in [9.17, 15) is 4.79 Å². The summed E-state index contributed by atoms with van der Waals surface area (Å²) in [4.78, 5) is 11.1. The normalized spacial score (nSPS) is 10.7. The zero-order chi connectivity index (χ0) is 14.1. The highest BCUT2D eigenvalue weighted by molar-refractivity contribution is 7.80. The van der Waals surface area contributed by atoms with Gasteiger partial charge in [0.2, 0.25) is 11.1 Å². The van der Waals surface area contributed by atoms with Gasteiger partial charge in [-0.25, -0.2) is 4.68 Å². The number of amides is 1. The van der Waals surface area contributed by atoms with Gasteiger partial charge in [0.05, 0.1) is 0 Å². The highest BCUT2D eigenvalue weighted by Crippen LogP contribution is 2.11. The average molecular weight is 284 g/mol. The molecule has 0 spiro atoms. The molecule has 0 unspecified atom stereocenters. The van der Waals surface area contributed by atoms with Crippen LogP contribution in [0.25, 0.3) is 0 Å². The van der Waals surface area contributed by atoms with Crippen LogP contribution >= 0.6 is 12.6 Å². The summed E-state index contributed by atoms with van der Waals surface area (Å²) in [6.07, 6.45) is 9.60. The lowest BCUT2D eigenvalue weighted by Crippen LogP contribution is -2.22. The number of hydrogen-bond donors (Lipinski definition) is 2. The minimum atomic E-state index is -0.143. The Morgan fingerprint density at radius 2 is 1.79 bits per heavy atom. The third-order valence-electron chi connectivity index (χ3n) is 2.99. The highest BCUT2D eigenvalue weighted by atomic mass is 32.1. The first-order valence-electron chi connectivity index (χ1n) is 7.06. The van der Waals surface area contributed by atoms with E-state index in [2.05, 4.69) is 35.2 Å². The Bertz CT molecular complexity index is 392. The van der Waals surface area contributed by atoms with Crippen molar-refractivity contribution in [2.24, 2.45) is 0 Å². The molecule has 1 heterocycles. The summed E-state index contributed by atoms with van der Waals surface area (Å²) in [7, 11) is 0. The second-order valence-electron chi connectivity index (χ2n) is 4.79. The van der Waals surface area contributed by atoms with E-state index < -0.39 is 0 Å². The molecule has 0 aliphatic heterocycles. The molecule has 1 N–H and O–H groups in total. The SMILES string of the molecule is CCCCCCCCCc1nnc(S)n1NC(C)=O. The molecule has 0 fully saturated rings. The van der Waals surface area contributed by atoms with Crippen LogP contribution in [-0.4, -0.2) is 20.8 Å². The van der Waals surface area contributed by atoms with E-state index in [0.717, 1.165) is 18.7 Å². The Morgan fingerprint density at radius 1 is 1.16 bits per heavy atom. The highest BCUT2D eigenvalue weighted by Gasteiger charge is 2.09. The number of nitrogens with zero attached hydrogens (tertiary/aromatic N) is 3. The van der Waals surface area contributed by atoms with Gasteiger partial charge in [-0.3, -0.25) is 10.2 Å². The van der Waals surface area contributed by atoms with Crippen molar-refractivity contribution < 1.29 is 4.79 Å². The molecule has 6 heteroatoms. The number of aryl methyl sites for hydroxylation is 1. The van der Waals surface area contributed by atoms with E-state index in [4.69, 9.17) is 0 Å². The van der Waals surface area contributed by atoms with Crippen molar-refractivity contribution in [2.45, 2.75) is 70.4 Å². The van der Waals surface area contributed by atoms with Crippen LogP contribution in [0.15, 0.2) is 5.16 Å². The fourth-order valence-corrected chi connectivity index (χ4v) is 2.19. The molecular weight excluding hydrogens is 260 g/mol. The van der Waals surface area contributed by atoms with Crippen molar-refractivity contribution in [3.8, 4) is 0 Å². The third-order valence-corrected chi connectivity index (χ3v) is 3.28. The molecule has 0 radical (unpaired) electrons. The van der Waals surface area contributed by atoms with Gasteiger partial charge >= 0.3 is 0 Å². The van der Waals surface area contributed by atoms with E-state index in [1.165, 1.54) is 45.4 Å². The van der Waals surface area contributed by atoms with Crippen LogP contribution in [0.1, 0.15) is 64.6 Å². The van der Waals surface area contributed by atoms with Gasteiger partial charge in [-0.15, -0.1) is 22.8 Å². The van der Waals surface area contributed by atoms with Crippen LogP contribution in [0.4, 0.5) is 0 Å². The topological polar surface area (TPSA) is 59.8 Å². The van der Waals surface area contributed by atoms with Gasteiger partial charge in [0, 0.05) is 13.3 Å². The summed E-state index contributed by atoms with van der Waals surface area (Å²) in [5.74, 6) is 0.629. The number of carbonyl (C=O) groups is 1. The van der Waals surface area contributed by atoms with E-state index in [0.29, 0.717) is 5.16 Å². The summed E-state index contributed by atoms with van der Waals surface area (Å²) in [5.41, 5.74) is 2.67. The minimum absolute atomic E-state index is 0.143. The summed E-state index contributed by atoms with van der Waals surface area (Å²) in [5, 5.41) is 8.33. The molecule has 0 aliphatic carbocycles. The van der Waals surface area contributed by atoms with E-state index >= 15 is 0 Å². The van der Waals surface area contributed by atoms with Crippen molar-refractivity contribution in [1.29, 1.82) is 0 Å². The van der Waals surface area contributed by atoms with Crippen LogP contribution in [0.5, 0.6) is 0 Å². The third kappa shape index (κ3) is 6.09. The lowest BCUT2D eigenvalue weighted by atomic mass is 10.1. The predicted molar refractivity (Wildman–Crippen MR) is 79.0 cm³/mol. The Balaban J connectivity index is 2.27. The fraction of sp³-hybridized carbons (Fsp3) is 0.769. The van der Waals surface area contributed by atoms with Crippen LogP contribution in [-0.2, 0) is 11.2 Å². The maximum absolute atomic E-state index is 11.1. The summed E-state index contributed by atoms with van der Waals surface area (Å²) in [6, 6.07) is 0. The number of hydrogen-bond acceptors (Lipinski definition) is 4. The van der Waals surface area contributed by atoms with Crippen LogP contribution in [0.2, 0.25) is 0 Å². The van der Waals surface area contributed by atoms with Crippen LogP contribution < -0.4 is 5.43 Å². The number of nitrogens with one attached hydrogen (secondary N) is 1. The minimum Gasteiger partial charge on any atom is -0.274 e. The maximum Gasteiger partial charge on any atom is 0.235 e. The van der Waals surface area contributed by atoms with Crippen LogP contribution in [0.3, 0.4) is 0 Å². The van der Waals surface area contributed by atoms with Gasteiger partial charge in [-0.1, -0.05) is 45.4 Å². The van der Waals surface area contributed by atoms with Crippen molar-refractivity contribution in [3.05, 3.63) is 5.82 Å². The van der Waals surface area contributed by atoms with Crippen LogP contribution in [0, 0.1) is 0 Å². The largest absolute Gasteiger partial charge is 0.274 e. The van der Waals surface area contributed by atoms with Gasteiger partial charge in [0.15, 0.2) is 5.82 Å². The molecular formula is C13H24N4OS. The molecule has 108 valence electrons. The fourth-order valence-electron chi connectivity index (χ4n) is 1.98. The van der Waals surface area contributed by atoms with Gasteiger partial charge in [0.1, 0.15) is 0 Å². The second-order valence-corrected chi connectivity index (χ2v) is 5.19. The van der Waals surface area contributed by atoms with E-state index in [-0.39, 0.29) is 5.91 Å². The van der Waals surface area contributed by atoms with Crippen molar-refractivity contribution in [3.63, 3.8) is 0 Å². The first kappa shape index (κ1) is 16.0. The number of aromatic nitrogens is 3. The molecule has 0 bridgehead atoms. The number of carbonyl (C=O) groups excluding carboxylic acids is 1. The van der Waals surface area contributed by atoms with E-state index in [1.807, 2.05) is 0 Å². The smallest absolute Gasteiger partial charge is 0.235 e.